The van der Waals surface area contributed by atoms with Crippen molar-refractivity contribution in [2.45, 2.75) is 18.9 Å². The van der Waals surface area contributed by atoms with Crippen molar-refractivity contribution in [1.82, 2.24) is 5.32 Å². The number of amides is 1. The summed E-state index contributed by atoms with van der Waals surface area (Å²) in [4.78, 5) is 12.1. The number of carbonyl (C=O) groups excluding carboxylic acids is 1. The van der Waals surface area contributed by atoms with Crippen LogP contribution in [0.25, 0.3) is 0 Å². The van der Waals surface area contributed by atoms with Crippen LogP contribution in [0.5, 0.6) is 0 Å². The van der Waals surface area contributed by atoms with Gasteiger partial charge in [-0.3, -0.25) is 4.79 Å². The quantitative estimate of drug-likeness (QED) is 0.882. The zero-order valence-electron chi connectivity index (χ0n) is 13.1. The van der Waals surface area contributed by atoms with Gasteiger partial charge in [0.25, 0.3) is 5.91 Å². The smallest absolute Gasteiger partial charge is 0.257 e. The molecule has 0 heterocycles. The number of rotatable bonds is 6. The minimum Gasteiger partial charge on any atom is -0.372 e. The molecule has 0 bridgehead atoms. The molecule has 0 unspecified atom stereocenters. The number of carbonyl (C=O) groups is 1. The van der Waals surface area contributed by atoms with Gasteiger partial charge in [-0.1, -0.05) is 43.3 Å². The SMILES string of the molecule is CC[C@@](CNC(=O)c1c(F)cccc1F)(OC)c1ccccc1. The molecular weight excluding hydrogens is 300 g/mol. The molecule has 2 aromatic rings. The fourth-order valence-electron chi connectivity index (χ4n) is 2.53. The van der Waals surface area contributed by atoms with E-state index in [0.29, 0.717) is 6.42 Å². The second kappa shape index (κ2) is 7.33. The summed E-state index contributed by atoms with van der Waals surface area (Å²) >= 11 is 0. The molecule has 2 aromatic carbocycles. The monoisotopic (exact) mass is 319 g/mol. The van der Waals surface area contributed by atoms with Gasteiger partial charge in [0.2, 0.25) is 0 Å². The van der Waals surface area contributed by atoms with Crippen LogP contribution in [0.15, 0.2) is 48.5 Å². The number of hydrogen-bond donors (Lipinski definition) is 1. The third-order valence-corrected chi connectivity index (χ3v) is 3.99. The van der Waals surface area contributed by atoms with Gasteiger partial charge in [0.1, 0.15) is 22.8 Å². The van der Waals surface area contributed by atoms with E-state index in [4.69, 9.17) is 4.74 Å². The Hall–Kier alpha value is -2.27. The van der Waals surface area contributed by atoms with Crippen LogP contribution in [0.3, 0.4) is 0 Å². The maximum atomic E-state index is 13.7. The summed E-state index contributed by atoms with van der Waals surface area (Å²) in [5.41, 5.74) is -0.445. The van der Waals surface area contributed by atoms with E-state index >= 15 is 0 Å². The Morgan fingerprint density at radius 2 is 1.70 bits per heavy atom. The largest absolute Gasteiger partial charge is 0.372 e. The first-order valence-electron chi connectivity index (χ1n) is 7.37. The fourth-order valence-corrected chi connectivity index (χ4v) is 2.53. The molecule has 1 atom stereocenters. The summed E-state index contributed by atoms with van der Waals surface area (Å²) in [5.74, 6) is -2.57. The summed E-state index contributed by atoms with van der Waals surface area (Å²) in [5, 5.41) is 2.58. The third kappa shape index (κ3) is 3.56. The highest BCUT2D eigenvalue weighted by atomic mass is 19.1. The molecule has 0 aliphatic carbocycles. The van der Waals surface area contributed by atoms with Gasteiger partial charge >= 0.3 is 0 Å². The van der Waals surface area contributed by atoms with E-state index < -0.39 is 28.7 Å². The van der Waals surface area contributed by atoms with Crippen LogP contribution in [0.4, 0.5) is 8.78 Å². The van der Waals surface area contributed by atoms with Gasteiger partial charge in [-0.25, -0.2) is 8.78 Å². The first-order valence-corrected chi connectivity index (χ1v) is 7.37. The minimum atomic E-state index is -0.887. The second-order valence-corrected chi connectivity index (χ2v) is 5.20. The molecule has 0 aliphatic heterocycles. The molecule has 23 heavy (non-hydrogen) atoms. The van der Waals surface area contributed by atoms with Crippen LogP contribution >= 0.6 is 0 Å². The maximum absolute atomic E-state index is 13.7. The van der Waals surface area contributed by atoms with E-state index in [2.05, 4.69) is 5.32 Å². The highest BCUT2D eigenvalue weighted by molar-refractivity contribution is 5.94. The molecule has 2 rings (SSSR count). The van der Waals surface area contributed by atoms with E-state index in [0.717, 1.165) is 17.7 Å². The molecule has 3 nitrogen and oxygen atoms in total. The minimum absolute atomic E-state index is 0.108. The molecule has 0 aromatic heterocycles. The number of halogens is 2. The zero-order chi connectivity index (χ0) is 16.9. The van der Waals surface area contributed by atoms with Gasteiger partial charge in [0, 0.05) is 7.11 Å². The van der Waals surface area contributed by atoms with Gasteiger partial charge in [0.05, 0.1) is 6.54 Å². The van der Waals surface area contributed by atoms with Gasteiger partial charge < -0.3 is 10.1 Å². The van der Waals surface area contributed by atoms with Crippen LogP contribution in [0.1, 0.15) is 29.3 Å². The van der Waals surface area contributed by atoms with Crippen LogP contribution in [0, 0.1) is 11.6 Å². The summed E-state index contributed by atoms with van der Waals surface area (Å²) in [6.07, 6.45) is 0.591. The molecule has 1 N–H and O–H groups in total. The van der Waals surface area contributed by atoms with E-state index in [-0.39, 0.29) is 6.54 Å². The first kappa shape index (κ1) is 17.1. The van der Waals surface area contributed by atoms with Crippen LogP contribution in [-0.2, 0) is 10.3 Å². The number of methoxy groups -OCH3 is 1. The summed E-state index contributed by atoms with van der Waals surface area (Å²) in [6.45, 7) is 2.03. The van der Waals surface area contributed by atoms with Gasteiger partial charge in [-0.2, -0.15) is 0 Å². The average Bonchev–Trinajstić information content (AvgIpc) is 2.57. The Kier molecular flexibility index (Phi) is 5.45. The zero-order valence-corrected chi connectivity index (χ0v) is 13.1. The predicted octanol–water partition coefficient (Wildman–Crippen LogP) is 3.65. The number of nitrogens with one attached hydrogen (secondary N) is 1. The Morgan fingerprint density at radius 3 is 2.22 bits per heavy atom. The molecule has 0 spiro atoms. The first-order chi connectivity index (χ1) is 11.0. The lowest BCUT2D eigenvalue weighted by molar-refractivity contribution is -0.0164. The van der Waals surface area contributed by atoms with Gasteiger partial charge in [-0.15, -0.1) is 0 Å². The van der Waals surface area contributed by atoms with Crippen molar-refractivity contribution in [3.05, 3.63) is 71.3 Å². The van der Waals surface area contributed by atoms with Crippen molar-refractivity contribution in [1.29, 1.82) is 0 Å². The van der Waals surface area contributed by atoms with Crippen molar-refractivity contribution >= 4 is 5.91 Å². The topological polar surface area (TPSA) is 38.3 Å². The fraction of sp³-hybridized carbons (Fsp3) is 0.278. The van der Waals surface area contributed by atoms with Crippen LogP contribution in [0.2, 0.25) is 0 Å². The summed E-state index contributed by atoms with van der Waals surface area (Å²) in [6, 6.07) is 12.7. The Balaban J connectivity index is 2.21. The lowest BCUT2D eigenvalue weighted by atomic mass is 9.90. The normalized spacial score (nSPS) is 13.4. The summed E-state index contributed by atoms with van der Waals surface area (Å²) in [7, 11) is 1.55. The molecule has 0 saturated carbocycles. The van der Waals surface area contributed by atoms with E-state index in [1.165, 1.54) is 6.07 Å². The second-order valence-electron chi connectivity index (χ2n) is 5.20. The Morgan fingerprint density at radius 1 is 1.09 bits per heavy atom. The molecule has 0 radical (unpaired) electrons. The molecule has 1 amide bonds. The maximum Gasteiger partial charge on any atom is 0.257 e. The molecule has 0 aliphatic rings. The molecule has 0 saturated heterocycles. The van der Waals surface area contributed by atoms with Crippen molar-refractivity contribution in [2.75, 3.05) is 13.7 Å². The number of hydrogen-bond acceptors (Lipinski definition) is 2. The van der Waals surface area contributed by atoms with Crippen molar-refractivity contribution in [3.8, 4) is 0 Å². The lowest BCUT2D eigenvalue weighted by Gasteiger charge is -2.32. The van der Waals surface area contributed by atoms with E-state index in [1.54, 1.807) is 7.11 Å². The summed E-state index contributed by atoms with van der Waals surface area (Å²) < 4.78 is 33.0. The molecular formula is C18H19F2NO2. The molecule has 5 heteroatoms. The average molecular weight is 319 g/mol. The van der Waals surface area contributed by atoms with E-state index in [1.807, 2.05) is 37.3 Å². The van der Waals surface area contributed by atoms with Crippen LogP contribution < -0.4 is 5.32 Å². The van der Waals surface area contributed by atoms with Crippen molar-refractivity contribution in [2.24, 2.45) is 0 Å². The standard InChI is InChI=1S/C18H19F2NO2/c1-3-18(23-2,13-8-5-4-6-9-13)12-21-17(22)16-14(19)10-7-11-15(16)20/h4-11H,3,12H2,1-2H3,(H,21,22)/t18-/m0/s1. The van der Waals surface area contributed by atoms with Crippen molar-refractivity contribution in [3.63, 3.8) is 0 Å². The van der Waals surface area contributed by atoms with Crippen LogP contribution in [-0.4, -0.2) is 19.6 Å². The number of benzene rings is 2. The number of ether oxygens (including phenoxy) is 1. The van der Waals surface area contributed by atoms with E-state index in [9.17, 15) is 13.6 Å². The highest BCUT2D eigenvalue weighted by Gasteiger charge is 2.31. The lowest BCUT2D eigenvalue weighted by Crippen LogP contribution is -2.42. The van der Waals surface area contributed by atoms with Crippen molar-refractivity contribution < 1.29 is 18.3 Å². The molecule has 0 fully saturated rings. The predicted molar refractivity (Wildman–Crippen MR) is 84.1 cm³/mol. The van der Waals surface area contributed by atoms with Gasteiger partial charge in [-0.05, 0) is 24.1 Å². The molecule has 122 valence electrons. The van der Waals surface area contributed by atoms with Gasteiger partial charge in [0.15, 0.2) is 0 Å². The highest BCUT2D eigenvalue weighted by Crippen LogP contribution is 2.28. The Bertz CT molecular complexity index is 650. The Labute approximate surface area is 134 Å². The third-order valence-electron chi connectivity index (χ3n) is 3.99.